The van der Waals surface area contributed by atoms with Crippen LogP contribution in [0, 0.1) is 11.8 Å². The Balaban J connectivity index is 1.92. The van der Waals surface area contributed by atoms with Crippen LogP contribution in [0.1, 0.15) is 65.2 Å². The summed E-state index contributed by atoms with van der Waals surface area (Å²) < 4.78 is 0. The Hall–Kier alpha value is -0.120. The van der Waals surface area contributed by atoms with Crippen molar-refractivity contribution in [1.29, 1.82) is 0 Å². The summed E-state index contributed by atoms with van der Waals surface area (Å²) >= 11 is 0. The molecular formula is C17H37N3. The molecule has 0 saturated heterocycles. The molecule has 0 aromatic carbocycles. The maximum Gasteiger partial charge on any atom is 0.00643 e. The Morgan fingerprint density at radius 3 is 2.35 bits per heavy atom. The minimum Gasteiger partial charge on any atom is -0.330 e. The van der Waals surface area contributed by atoms with E-state index in [1.54, 1.807) is 0 Å². The van der Waals surface area contributed by atoms with E-state index in [0.717, 1.165) is 37.5 Å². The van der Waals surface area contributed by atoms with Crippen molar-refractivity contribution in [2.24, 2.45) is 17.6 Å². The average molecular weight is 284 g/mol. The molecule has 4 N–H and O–H groups in total. The van der Waals surface area contributed by atoms with Crippen molar-refractivity contribution >= 4 is 0 Å². The zero-order valence-corrected chi connectivity index (χ0v) is 13.8. The zero-order chi connectivity index (χ0) is 14.6. The van der Waals surface area contributed by atoms with E-state index in [1.165, 1.54) is 57.9 Å². The fourth-order valence-corrected chi connectivity index (χ4v) is 3.30. The Kier molecular flexibility index (Phi) is 10.3. The standard InChI is InChI=1S/C17H37N3/c1-3-6-17(4-2)20-12-5-11-19-14-16-9-7-15(13-18)8-10-16/h15-17,19-20H,3-14,18H2,1-2H3. The van der Waals surface area contributed by atoms with Gasteiger partial charge in [-0.15, -0.1) is 0 Å². The molecule has 0 spiro atoms. The summed E-state index contributed by atoms with van der Waals surface area (Å²) in [7, 11) is 0. The molecule has 1 fully saturated rings. The van der Waals surface area contributed by atoms with E-state index < -0.39 is 0 Å². The van der Waals surface area contributed by atoms with Crippen molar-refractivity contribution in [3.05, 3.63) is 0 Å². The molecule has 1 saturated carbocycles. The van der Waals surface area contributed by atoms with Crippen LogP contribution in [0.5, 0.6) is 0 Å². The molecule has 0 aromatic heterocycles. The lowest BCUT2D eigenvalue weighted by Crippen LogP contribution is -2.32. The summed E-state index contributed by atoms with van der Waals surface area (Å²) in [5.41, 5.74) is 5.74. The number of hydrogen-bond donors (Lipinski definition) is 3. The van der Waals surface area contributed by atoms with Gasteiger partial charge >= 0.3 is 0 Å². The van der Waals surface area contributed by atoms with Gasteiger partial charge in [-0.3, -0.25) is 0 Å². The van der Waals surface area contributed by atoms with Gasteiger partial charge in [0.15, 0.2) is 0 Å². The van der Waals surface area contributed by atoms with Crippen LogP contribution < -0.4 is 16.4 Å². The quantitative estimate of drug-likeness (QED) is 0.511. The number of nitrogens with two attached hydrogens (primary N) is 1. The second-order valence-corrected chi connectivity index (χ2v) is 6.53. The topological polar surface area (TPSA) is 50.1 Å². The lowest BCUT2D eigenvalue weighted by Gasteiger charge is -2.27. The molecule has 1 atom stereocenters. The molecular weight excluding hydrogens is 246 g/mol. The summed E-state index contributed by atoms with van der Waals surface area (Å²) in [5, 5.41) is 7.31. The molecule has 1 aliphatic rings. The summed E-state index contributed by atoms with van der Waals surface area (Å²) in [6.45, 7) is 8.97. The SMILES string of the molecule is CCCC(CC)NCCCNCC1CCC(CN)CC1. The van der Waals surface area contributed by atoms with Crippen molar-refractivity contribution < 1.29 is 0 Å². The zero-order valence-electron chi connectivity index (χ0n) is 13.8. The van der Waals surface area contributed by atoms with Crippen LogP contribution in [-0.4, -0.2) is 32.2 Å². The van der Waals surface area contributed by atoms with Crippen molar-refractivity contribution in [2.75, 3.05) is 26.2 Å². The van der Waals surface area contributed by atoms with Gasteiger partial charge in [-0.25, -0.2) is 0 Å². The fourth-order valence-electron chi connectivity index (χ4n) is 3.30. The number of rotatable bonds is 11. The molecule has 20 heavy (non-hydrogen) atoms. The van der Waals surface area contributed by atoms with Gasteiger partial charge in [0.05, 0.1) is 0 Å². The monoisotopic (exact) mass is 283 g/mol. The fraction of sp³-hybridized carbons (Fsp3) is 1.00. The molecule has 0 radical (unpaired) electrons. The third-order valence-electron chi connectivity index (χ3n) is 4.83. The molecule has 1 rings (SSSR count). The van der Waals surface area contributed by atoms with Gasteiger partial charge in [-0.1, -0.05) is 20.3 Å². The van der Waals surface area contributed by atoms with Gasteiger partial charge in [-0.2, -0.15) is 0 Å². The van der Waals surface area contributed by atoms with E-state index in [9.17, 15) is 0 Å². The predicted molar refractivity (Wildman–Crippen MR) is 89.0 cm³/mol. The molecule has 3 nitrogen and oxygen atoms in total. The van der Waals surface area contributed by atoms with Crippen LogP contribution in [0.3, 0.4) is 0 Å². The van der Waals surface area contributed by atoms with Gasteiger partial charge in [0.2, 0.25) is 0 Å². The predicted octanol–water partition coefficient (Wildman–Crippen LogP) is 2.90. The van der Waals surface area contributed by atoms with Gasteiger partial charge in [-0.05, 0) is 83.0 Å². The van der Waals surface area contributed by atoms with E-state index in [2.05, 4.69) is 24.5 Å². The van der Waals surface area contributed by atoms with Crippen LogP contribution in [0.15, 0.2) is 0 Å². The van der Waals surface area contributed by atoms with Crippen LogP contribution in [0.2, 0.25) is 0 Å². The lowest BCUT2D eigenvalue weighted by atomic mass is 9.82. The lowest BCUT2D eigenvalue weighted by molar-refractivity contribution is 0.272. The molecule has 3 heteroatoms. The normalized spacial score (nSPS) is 24.8. The molecule has 1 unspecified atom stereocenters. The van der Waals surface area contributed by atoms with Gasteiger partial charge in [0.25, 0.3) is 0 Å². The first-order valence-electron chi connectivity index (χ1n) is 8.94. The summed E-state index contributed by atoms with van der Waals surface area (Å²) in [6, 6.07) is 0.728. The maximum atomic E-state index is 5.74. The molecule has 0 bridgehead atoms. The Morgan fingerprint density at radius 1 is 1.05 bits per heavy atom. The molecule has 0 aliphatic heterocycles. The Bertz CT molecular complexity index is 212. The van der Waals surface area contributed by atoms with E-state index in [-0.39, 0.29) is 0 Å². The van der Waals surface area contributed by atoms with Crippen LogP contribution in [-0.2, 0) is 0 Å². The molecule has 0 amide bonds. The van der Waals surface area contributed by atoms with Gasteiger partial charge < -0.3 is 16.4 Å². The van der Waals surface area contributed by atoms with Gasteiger partial charge in [0, 0.05) is 6.04 Å². The molecule has 120 valence electrons. The van der Waals surface area contributed by atoms with E-state index in [4.69, 9.17) is 5.73 Å². The van der Waals surface area contributed by atoms with E-state index in [1.807, 2.05) is 0 Å². The first kappa shape index (κ1) is 17.9. The van der Waals surface area contributed by atoms with E-state index in [0.29, 0.717) is 0 Å². The van der Waals surface area contributed by atoms with Crippen LogP contribution >= 0.6 is 0 Å². The smallest absolute Gasteiger partial charge is 0.00643 e. The van der Waals surface area contributed by atoms with E-state index >= 15 is 0 Å². The van der Waals surface area contributed by atoms with Crippen LogP contribution in [0.4, 0.5) is 0 Å². The van der Waals surface area contributed by atoms with Crippen molar-refractivity contribution in [3.8, 4) is 0 Å². The first-order chi connectivity index (χ1) is 9.80. The van der Waals surface area contributed by atoms with Crippen molar-refractivity contribution in [2.45, 2.75) is 71.3 Å². The second-order valence-electron chi connectivity index (χ2n) is 6.53. The largest absolute Gasteiger partial charge is 0.330 e. The second kappa shape index (κ2) is 11.5. The van der Waals surface area contributed by atoms with Crippen molar-refractivity contribution in [3.63, 3.8) is 0 Å². The molecule has 0 heterocycles. The molecule has 0 aromatic rings. The molecule has 1 aliphatic carbocycles. The summed E-state index contributed by atoms with van der Waals surface area (Å²) in [5.74, 6) is 1.70. The maximum absolute atomic E-state index is 5.74. The minimum absolute atomic E-state index is 0.728. The first-order valence-corrected chi connectivity index (χ1v) is 8.94. The average Bonchev–Trinajstić information content (AvgIpc) is 2.50. The highest BCUT2D eigenvalue weighted by molar-refractivity contribution is 4.74. The van der Waals surface area contributed by atoms with Crippen LogP contribution in [0.25, 0.3) is 0 Å². The Morgan fingerprint density at radius 2 is 1.75 bits per heavy atom. The third-order valence-corrected chi connectivity index (χ3v) is 4.83. The number of hydrogen-bond acceptors (Lipinski definition) is 3. The summed E-state index contributed by atoms with van der Waals surface area (Å²) in [6.07, 6.45) is 10.6. The number of nitrogens with one attached hydrogen (secondary N) is 2. The van der Waals surface area contributed by atoms with Gasteiger partial charge in [0.1, 0.15) is 0 Å². The highest BCUT2D eigenvalue weighted by Gasteiger charge is 2.19. The Labute approximate surface area is 126 Å². The minimum atomic E-state index is 0.728. The third kappa shape index (κ3) is 7.61. The van der Waals surface area contributed by atoms with Crippen molar-refractivity contribution in [1.82, 2.24) is 10.6 Å². The highest BCUT2D eigenvalue weighted by Crippen LogP contribution is 2.27. The highest BCUT2D eigenvalue weighted by atomic mass is 14.9. The summed E-state index contributed by atoms with van der Waals surface area (Å²) in [4.78, 5) is 0.